The first-order chi connectivity index (χ1) is 9.84. The summed E-state index contributed by atoms with van der Waals surface area (Å²) in [6, 6.07) is 1.53. The molecular formula is C12H14N2O6S. The predicted molar refractivity (Wildman–Crippen MR) is 71.9 cm³/mol. The van der Waals surface area contributed by atoms with Crippen LogP contribution in [0, 0.1) is 0 Å². The van der Waals surface area contributed by atoms with Gasteiger partial charge in [0.25, 0.3) is 5.91 Å². The van der Waals surface area contributed by atoms with Gasteiger partial charge < -0.3 is 14.7 Å². The van der Waals surface area contributed by atoms with Crippen molar-refractivity contribution in [3.8, 4) is 5.75 Å². The first-order valence-electron chi connectivity index (χ1n) is 6.08. The van der Waals surface area contributed by atoms with Gasteiger partial charge in [0.05, 0.1) is 18.6 Å². The van der Waals surface area contributed by atoms with Crippen molar-refractivity contribution in [1.82, 2.24) is 9.88 Å². The van der Waals surface area contributed by atoms with Crippen LogP contribution >= 0.6 is 0 Å². The number of aliphatic carboxylic acids is 1. The molecule has 114 valence electrons. The molecule has 8 nitrogen and oxygen atoms in total. The second-order valence-corrected chi connectivity index (χ2v) is 6.78. The number of ether oxygens (including phenoxy) is 1. The Morgan fingerprint density at radius 2 is 2.19 bits per heavy atom. The van der Waals surface area contributed by atoms with Crippen molar-refractivity contribution in [2.75, 3.05) is 25.2 Å². The number of aromatic nitrogens is 1. The zero-order valence-electron chi connectivity index (χ0n) is 11.2. The summed E-state index contributed by atoms with van der Waals surface area (Å²) in [5.74, 6) is -2.42. The van der Waals surface area contributed by atoms with E-state index in [1.54, 1.807) is 6.07 Å². The minimum atomic E-state index is -3.46. The van der Waals surface area contributed by atoms with Crippen molar-refractivity contribution >= 4 is 21.7 Å². The van der Waals surface area contributed by atoms with Crippen LogP contribution in [0.1, 0.15) is 10.5 Å². The van der Waals surface area contributed by atoms with E-state index in [0.717, 1.165) is 4.90 Å². The fourth-order valence-corrected chi connectivity index (χ4v) is 3.50. The lowest BCUT2D eigenvalue weighted by Crippen LogP contribution is -2.54. The number of hydrogen-bond acceptors (Lipinski definition) is 6. The molecule has 0 aliphatic carbocycles. The van der Waals surface area contributed by atoms with Crippen molar-refractivity contribution in [2.24, 2.45) is 0 Å². The smallest absolute Gasteiger partial charge is 0.327 e. The molecule has 0 bridgehead atoms. The Kier molecular flexibility index (Phi) is 4.12. The van der Waals surface area contributed by atoms with E-state index in [1.807, 2.05) is 0 Å². The van der Waals surface area contributed by atoms with Crippen molar-refractivity contribution in [1.29, 1.82) is 0 Å². The van der Waals surface area contributed by atoms with Crippen LogP contribution in [0.4, 0.5) is 0 Å². The number of sulfone groups is 1. The molecule has 9 heteroatoms. The maximum Gasteiger partial charge on any atom is 0.327 e. The van der Waals surface area contributed by atoms with Gasteiger partial charge in [-0.1, -0.05) is 0 Å². The molecule has 2 rings (SSSR count). The van der Waals surface area contributed by atoms with Gasteiger partial charge in [0.1, 0.15) is 17.5 Å². The summed E-state index contributed by atoms with van der Waals surface area (Å²) in [5, 5.41) is 9.13. The second-order valence-electron chi connectivity index (χ2n) is 4.55. The number of carboxylic acid groups (broad SMARTS) is 1. The molecule has 0 radical (unpaired) electrons. The fourth-order valence-electron chi connectivity index (χ4n) is 2.06. The Balaban J connectivity index is 2.30. The molecule has 1 aliphatic rings. The van der Waals surface area contributed by atoms with Crippen molar-refractivity contribution in [2.45, 2.75) is 6.04 Å². The van der Waals surface area contributed by atoms with Gasteiger partial charge in [0.2, 0.25) is 0 Å². The maximum atomic E-state index is 12.3. The van der Waals surface area contributed by atoms with E-state index >= 15 is 0 Å². The SMILES string of the molecule is COc1ccnc(C(=O)N2CCS(=O)(=O)CC2C(=O)O)c1. The van der Waals surface area contributed by atoms with Crippen molar-refractivity contribution in [3.05, 3.63) is 24.0 Å². The number of hydrogen-bond donors (Lipinski definition) is 1. The van der Waals surface area contributed by atoms with Gasteiger partial charge in [0.15, 0.2) is 9.84 Å². The molecule has 0 aromatic carbocycles. The Labute approximate surface area is 121 Å². The van der Waals surface area contributed by atoms with E-state index in [-0.39, 0.29) is 18.0 Å². The average Bonchev–Trinajstić information content (AvgIpc) is 2.45. The van der Waals surface area contributed by atoms with Crippen LogP contribution in [0.5, 0.6) is 5.75 Å². The number of rotatable bonds is 3. The van der Waals surface area contributed by atoms with Gasteiger partial charge in [-0.05, 0) is 6.07 Å². The molecule has 1 saturated heterocycles. The van der Waals surface area contributed by atoms with Gasteiger partial charge in [-0.2, -0.15) is 0 Å². The van der Waals surface area contributed by atoms with E-state index in [1.165, 1.54) is 19.4 Å². The molecular weight excluding hydrogens is 300 g/mol. The second kappa shape index (κ2) is 5.68. The molecule has 1 amide bonds. The fraction of sp³-hybridized carbons (Fsp3) is 0.417. The highest BCUT2D eigenvalue weighted by molar-refractivity contribution is 7.91. The van der Waals surface area contributed by atoms with E-state index < -0.39 is 33.5 Å². The number of amides is 1. The summed E-state index contributed by atoms with van der Waals surface area (Å²) >= 11 is 0. The lowest BCUT2D eigenvalue weighted by Gasteiger charge is -2.32. The van der Waals surface area contributed by atoms with Crippen LogP contribution in [0.2, 0.25) is 0 Å². The number of carbonyl (C=O) groups is 2. The first kappa shape index (κ1) is 15.2. The Hall–Kier alpha value is -2.16. The molecule has 1 aromatic rings. The van der Waals surface area contributed by atoms with Gasteiger partial charge in [-0.25, -0.2) is 13.2 Å². The van der Waals surface area contributed by atoms with Crippen LogP contribution in [0.15, 0.2) is 18.3 Å². The minimum Gasteiger partial charge on any atom is -0.497 e. The molecule has 1 aliphatic heterocycles. The van der Waals surface area contributed by atoms with Gasteiger partial charge in [-0.15, -0.1) is 0 Å². The number of methoxy groups -OCH3 is 1. The topological polar surface area (TPSA) is 114 Å². The van der Waals surface area contributed by atoms with Crippen LogP contribution in [0.25, 0.3) is 0 Å². The number of nitrogens with zero attached hydrogens (tertiary/aromatic N) is 2. The van der Waals surface area contributed by atoms with Gasteiger partial charge in [0, 0.05) is 18.8 Å². The molecule has 1 N–H and O–H groups in total. The molecule has 2 heterocycles. The standard InChI is InChI=1S/C12H14N2O6S/c1-20-8-2-3-13-9(6-8)11(15)14-4-5-21(18,19)7-10(14)12(16)17/h2-3,6,10H,4-5,7H2,1H3,(H,16,17). The summed E-state index contributed by atoms with van der Waals surface area (Å²) in [4.78, 5) is 28.4. The first-order valence-corrected chi connectivity index (χ1v) is 7.90. The number of carboxylic acids is 1. The highest BCUT2D eigenvalue weighted by atomic mass is 32.2. The van der Waals surface area contributed by atoms with Crippen molar-refractivity contribution in [3.63, 3.8) is 0 Å². The summed E-state index contributed by atoms with van der Waals surface area (Å²) in [6.07, 6.45) is 1.36. The monoisotopic (exact) mass is 314 g/mol. The van der Waals surface area contributed by atoms with Crippen LogP contribution in [-0.2, 0) is 14.6 Å². The molecule has 0 saturated carbocycles. The highest BCUT2D eigenvalue weighted by Gasteiger charge is 2.39. The average molecular weight is 314 g/mol. The van der Waals surface area contributed by atoms with Crippen LogP contribution in [0.3, 0.4) is 0 Å². The zero-order chi connectivity index (χ0) is 15.6. The Bertz CT molecular complexity index is 672. The lowest BCUT2D eigenvalue weighted by atomic mass is 10.2. The molecule has 1 atom stereocenters. The van der Waals surface area contributed by atoms with Crippen LogP contribution < -0.4 is 4.74 Å². The molecule has 1 fully saturated rings. The van der Waals surface area contributed by atoms with E-state index in [0.29, 0.717) is 5.75 Å². The minimum absolute atomic E-state index is 0.0138. The molecule has 1 aromatic heterocycles. The van der Waals surface area contributed by atoms with Gasteiger partial charge in [-0.3, -0.25) is 9.78 Å². The summed E-state index contributed by atoms with van der Waals surface area (Å²) in [5.41, 5.74) is 0.0138. The third-order valence-electron chi connectivity index (χ3n) is 3.16. The van der Waals surface area contributed by atoms with E-state index in [2.05, 4.69) is 4.98 Å². The van der Waals surface area contributed by atoms with E-state index in [9.17, 15) is 18.0 Å². The van der Waals surface area contributed by atoms with Crippen molar-refractivity contribution < 1.29 is 27.9 Å². The summed E-state index contributed by atoms with van der Waals surface area (Å²) in [6.45, 7) is -0.170. The van der Waals surface area contributed by atoms with Gasteiger partial charge >= 0.3 is 5.97 Å². The normalized spacial score (nSPS) is 20.8. The number of pyridine rings is 1. The Morgan fingerprint density at radius 1 is 1.48 bits per heavy atom. The zero-order valence-corrected chi connectivity index (χ0v) is 12.0. The molecule has 1 unspecified atom stereocenters. The predicted octanol–water partition coefficient (Wildman–Crippen LogP) is -0.586. The quantitative estimate of drug-likeness (QED) is 0.793. The third-order valence-corrected chi connectivity index (χ3v) is 4.79. The molecule has 21 heavy (non-hydrogen) atoms. The lowest BCUT2D eigenvalue weighted by molar-refractivity contribution is -0.141. The summed E-state index contributed by atoms with van der Waals surface area (Å²) < 4.78 is 28.0. The van der Waals surface area contributed by atoms with Crippen LogP contribution in [-0.4, -0.2) is 66.5 Å². The highest BCUT2D eigenvalue weighted by Crippen LogP contribution is 2.17. The number of carbonyl (C=O) groups excluding carboxylic acids is 1. The molecule has 0 spiro atoms. The van der Waals surface area contributed by atoms with E-state index in [4.69, 9.17) is 9.84 Å². The maximum absolute atomic E-state index is 12.3. The third kappa shape index (κ3) is 3.30. The Morgan fingerprint density at radius 3 is 2.81 bits per heavy atom. The summed E-state index contributed by atoms with van der Waals surface area (Å²) in [7, 11) is -2.03. The largest absolute Gasteiger partial charge is 0.497 e.